The van der Waals surface area contributed by atoms with Crippen LogP contribution in [-0.4, -0.2) is 129 Å². The molecule has 3 amide bonds. The third kappa shape index (κ3) is 33.9. The molecule has 0 aliphatic heterocycles. The lowest BCUT2D eigenvalue weighted by atomic mass is 9.76. The zero-order chi connectivity index (χ0) is 48.0. The third-order valence-corrected chi connectivity index (χ3v) is 9.54. The Kier molecular flexibility index (Phi) is 28.7. The molecule has 0 bridgehead atoms. The number of hydrogen-bond acceptors (Lipinski definition) is 10. The van der Waals surface area contributed by atoms with Gasteiger partial charge in [0.05, 0.1) is 20.6 Å². The second-order valence-electron chi connectivity index (χ2n) is 21.6. The van der Waals surface area contributed by atoms with Crippen molar-refractivity contribution < 1.29 is 33.1 Å². The first-order valence-corrected chi connectivity index (χ1v) is 23.2. The largest absolute Gasteiger partial charge is 0.515 e. The van der Waals surface area contributed by atoms with Crippen LogP contribution in [0.5, 0.6) is 0 Å². The fraction of sp³-hybridized carbons (Fsp3) is 0.911. The molecule has 1 atom stereocenters. The predicted octanol–water partition coefficient (Wildman–Crippen LogP) is 9.96. The van der Waals surface area contributed by atoms with E-state index in [1.807, 2.05) is 69.5 Å². The van der Waals surface area contributed by atoms with E-state index in [2.05, 4.69) is 101 Å². The minimum atomic E-state index is -1.44. The van der Waals surface area contributed by atoms with Crippen LogP contribution in [0.25, 0.3) is 0 Å². The predicted molar refractivity (Wildman–Crippen MR) is 265 cm³/mol. The molecule has 0 saturated carbocycles. The van der Waals surface area contributed by atoms with Gasteiger partial charge in [0.1, 0.15) is 25.4 Å². The average Bonchev–Trinajstić information content (AvgIpc) is 3.06. The molecular formula is C45H95N6O6S3+. The molecule has 0 fully saturated rings. The Labute approximate surface area is 385 Å². The van der Waals surface area contributed by atoms with Crippen molar-refractivity contribution in [1.29, 1.82) is 0 Å². The summed E-state index contributed by atoms with van der Waals surface area (Å²) in [5.41, 5.74) is -1.91. The van der Waals surface area contributed by atoms with Crippen LogP contribution in [0.15, 0.2) is 0 Å². The van der Waals surface area contributed by atoms with Gasteiger partial charge in [-0.2, -0.15) is 30.1 Å². The molecule has 0 aliphatic carbocycles. The lowest BCUT2D eigenvalue weighted by molar-refractivity contribution is -0.818. The summed E-state index contributed by atoms with van der Waals surface area (Å²) in [7, 11) is 7.59. The van der Waals surface area contributed by atoms with Crippen LogP contribution in [0.1, 0.15) is 150 Å². The van der Waals surface area contributed by atoms with Gasteiger partial charge in [-0.05, 0) is 80.2 Å². The normalized spacial score (nSPS) is 13.7. The van der Waals surface area contributed by atoms with Gasteiger partial charge in [-0.25, -0.2) is 14.1 Å². The van der Waals surface area contributed by atoms with Gasteiger partial charge in [0.15, 0.2) is 5.11 Å². The Hall–Kier alpha value is -1.68. The summed E-state index contributed by atoms with van der Waals surface area (Å²) in [6.45, 7) is 37.0. The Morgan fingerprint density at radius 2 is 1.03 bits per heavy atom. The molecule has 15 heteroatoms. The number of hydrogen-bond donors (Lipinski definition) is 6. The van der Waals surface area contributed by atoms with Gasteiger partial charge in [0, 0.05) is 35.5 Å². The molecule has 0 rings (SSSR count). The lowest BCUT2D eigenvalue weighted by Gasteiger charge is -2.37. The Bertz CT molecular complexity index is 1210. The van der Waals surface area contributed by atoms with Gasteiger partial charge in [-0.1, -0.05) is 118 Å². The van der Waals surface area contributed by atoms with E-state index in [0.29, 0.717) is 26.2 Å². The van der Waals surface area contributed by atoms with Crippen molar-refractivity contribution in [3.63, 3.8) is 0 Å². The van der Waals surface area contributed by atoms with E-state index in [0.717, 1.165) is 38.6 Å². The summed E-state index contributed by atoms with van der Waals surface area (Å²) in [6, 6.07) is 0. The number of amides is 3. The molecule has 0 aromatic heterocycles. The second kappa shape index (κ2) is 27.5. The number of nitrogens with zero attached hydrogens (tertiary/aromatic N) is 2. The van der Waals surface area contributed by atoms with E-state index < -0.39 is 23.8 Å². The van der Waals surface area contributed by atoms with Crippen molar-refractivity contribution >= 4 is 60.9 Å². The fourth-order valence-electron chi connectivity index (χ4n) is 7.29. The lowest BCUT2D eigenvalue weighted by Crippen LogP contribution is -2.62. The van der Waals surface area contributed by atoms with Crippen LogP contribution >= 0.6 is 37.5 Å². The van der Waals surface area contributed by atoms with E-state index in [9.17, 15) is 14.4 Å². The highest BCUT2D eigenvalue weighted by atomic mass is 32.1. The number of nitrogens with one attached hydrogen (secondary N) is 4. The van der Waals surface area contributed by atoms with Gasteiger partial charge in [0.25, 0.3) is 0 Å². The van der Waals surface area contributed by atoms with Crippen LogP contribution in [0, 0.1) is 21.7 Å². The Balaban J connectivity index is -0.00000786. The van der Waals surface area contributed by atoms with E-state index in [1.165, 1.54) is 0 Å². The second-order valence-corrected chi connectivity index (χ2v) is 24.4. The summed E-state index contributed by atoms with van der Waals surface area (Å²) in [6.07, 6.45) is 2.23. The number of quaternary nitrogens is 1. The molecule has 0 heterocycles. The Morgan fingerprint density at radius 1 is 0.633 bits per heavy atom. The number of thiocarbonyl (C=S) groups is 1. The number of thiol groups is 2. The average molecular weight is 912 g/mol. The number of carbonyl (C=O) groups excluding carboxylic acids is 3. The topological polar surface area (TPSA) is 130 Å². The summed E-state index contributed by atoms with van der Waals surface area (Å²) < 4.78 is 17.2. The fourth-order valence-corrected chi connectivity index (χ4v) is 8.46. The Morgan fingerprint density at radius 3 is 1.43 bits per heavy atom. The molecule has 0 aromatic carbocycles. The van der Waals surface area contributed by atoms with Gasteiger partial charge in [0.2, 0.25) is 0 Å². The maximum absolute atomic E-state index is 13.8. The summed E-state index contributed by atoms with van der Waals surface area (Å²) >= 11 is 15.1. The molecule has 0 saturated heterocycles. The minimum absolute atomic E-state index is 0.0537. The molecule has 0 aromatic rings. The van der Waals surface area contributed by atoms with Crippen molar-refractivity contribution in [2.45, 2.75) is 165 Å². The SMILES string of the molecule is CC.CC.CN(C)CCCNC(=S)NC(COC(=O)NCC(C)(C)CC(C)(C)C)(COC(=O)NCC(C)(C)CC(C)(C)S)COC(=O)[N+](C)(C)CCC(C)(C)CC(C)(C)S. The van der Waals surface area contributed by atoms with E-state index in [-0.39, 0.29) is 60.6 Å². The highest BCUT2D eigenvalue weighted by molar-refractivity contribution is 7.82. The molecule has 0 radical (unpaired) electrons. The summed E-state index contributed by atoms with van der Waals surface area (Å²) in [5.74, 6) is 0. The van der Waals surface area contributed by atoms with E-state index in [1.54, 1.807) is 14.1 Å². The first-order chi connectivity index (χ1) is 27.0. The standard InChI is InChI=1S/C41H82N6O6S3.2C2H6/c1-35(2,3)23-37(6,7)26-43-32(48)51-28-41(45-31(54)42-20-18-21-46(14)15,29-52-33(49)44-27-38(8,9)25-40(12,13)56)30-53-34(50)47(16,17)22-19-36(4,5)24-39(10,11)55;2*1-2/h18-30H2,1-17H3,(H5-,42,43,44,45,48,49,54,55,56);2*1-2H3/p+1. The number of ether oxygens (including phenoxy) is 3. The van der Waals surface area contributed by atoms with E-state index in [4.69, 9.17) is 39.1 Å². The monoisotopic (exact) mass is 912 g/mol. The van der Waals surface area contributed by atoms with Crippen LogP contribution in [-0.2, 0) is 14.2 Å². The number of carbonyl (C=O) groups is 3. The van der Waals surface area contributed by atoms with Gasteiger partial charge < -0.3 is 40.4 Å². The summed E-state index contributed by atoms with van der Waals surface area (Å²) in [5, 5.41) is 12.4. The zero-order valence-electron chi connectivity index (χ0n) is 42.3. The molecular weight excluding hydrogens is 817 g/mol. The molecule has 0 spiro atoms. The van der Waals surface area contributed by atoms with Crippen molar-refractivity contribution in [2.24, 2.45) is 21.7 Å². The molecule has 12 nitrogen and oxygen atoms in total. The van der Waals surface area contributed by atoms with Crippen LogP contribution in [0.2, 0.25) is 0 Å². The smallest absolute Gasteiger partial charge is 0.447 e. The van der Waals surface area contributed by atoms with Crippen LogP contribution < -0.4 is 21.3 Å². The van der Waals surface area contributed by atoms with Crippen LogP contribution in [0.3, 0.4) is 0 Å². The number of alkyl carbamates (subject to hydrolysis) is 2. The first kappa shape index (κ1) is 62.6. The van der Waals surface area contributed by atoms with Gasteiger partial charge >= 0.3 is 18.3 Å². The van der Waals surface area contributed by atoms with Crippen LogP contribution in [0.4, 0.5) is 14.4 Å². The van der Waals surface area contributed by atoms with Gasteiger partial charge in [-0.15, -0.1) is 0 Å². The molecule has 1 unspecified atom stereocenters. The highest BCUT2D eigenvalue weighted by Crippen LogP contribution is 2.35. The van der Waals surface area contributed by atoms with Gasteiger partial charge in [-0.3, -0.25) is 0 Å². The van der Waals surface area contributed by atoms with Crippen molar-refractivity contribution in [3.8, 4) is 0 Å². The molecule has 358 valence electrons. The van der Waals surface area contributed by atoms with Crippen molar-refractivity contribution in [1.82, 2.24) is 26.2 Å². The maximum Gasteiger partial charge on any atom is 0.515 e. The summed E-state index contributed by atoms with van der Waals surface area (Å²) in [4.78, 5) is 42.4. The molecule has 60 heavy (non-hydrogen) atoms. The molecule has 4 N–H and O–H groups in total. The van der Waals surface area contributed by atoms with Crippen molar-refractivity contribution in [2.75, 3.05) is 80.7 Å². The quantitative estimate of drug-likeness (QED) is 0.0194. The third-order valence-electron chi connectivity index (χ3n) is 8.97. The maximum atomic E-state index is 13.8. The van der Waals surface area contributed by atoms with Crippen molar-refractivity contribution in [3.05, 3.63) is 0 Å². The number of rotatable bonds is 23. The zero-order valence-corrected chi connectivity index (χ0v) is 44.9. The first-order valence-electron chi connectivity index (χ1n) is 21.9. The highest BCUT2D eigenvalue weighted by Gasteiger charge is 2.41. The minimum Gasteiger partial charge on any atom is -0.447 e. The molecule has 0 aliphatic rings. The van der Waals surface area contributed by atoms with E-state index >= 15 is 0 Å².